The first-order valence-corrected chi connectivity index (χ1v) is 6.05. The van der Waals surface area contributed by atoms with Crippen LogP contribution in [0.3, 0.4) is 0 Å². The van der Waals surface area contributed by atoms with Crippen LogP contribution >= 0.6 is 22.9 Å². The summed E-state index contributed by atoms with van der Waals surface area (Å²) in [5.74, 6) is 0. The maximum absolute atomic E-state index is 5.87. The minimum atomic E-state index is 0.854. The maximum atomic E-state index is 5.87. The zero-order valence-electron chi connectivity index (χ0n) is 9.22. The number of hydrogen-bond acceptors (Lipinski definition) is 3. The van der Waals surface area contributed by atoms with Crippen molar-refractivity contribution in [2.75, 3.05) is 27.2 Å². The average Bonchev–Trinajstić information content (AvgIpc) is 2.51. The molecule has 0 unspecified atom stereocenters. The average molecular weight is 245 g/mol. The van der Waals surface area contributed by atoms with E-state index >= 15 is 0 Å². The Morgan fingerprint density at radius 3 is 2.87 bits per heavy atom. The van der Waals surface area contributed by atoms with Crippen molar-refractivity contribution in [3.05, 3.63) is 33.5 Å². The van der Waals surface area contributed by atoms with Gasteiger partial charge in [-0.25, -0.2) is 0 Å². The second kappa shape index (κ2) is 6.28. The molecule has 0 aliphatic carbocycles. The molecule has 1 N–H and O–H groups in total. The van der Waals surface area contributed by atoms with Crippen LogP contribution in [0.25, 0.3) is 0 Å². The largest absolute Gasteiger partial charge is 0.316 e. The lowest BCUT2D eigenvalue weighted by Gasteiger charge is -2.16. The number of thiophene rings is 1. The van der Waals surface area contributed by atoms with Gasteiger partial charge in [-0.05, 0) is 31.8 Å². The molecular formula is C11H17ClN2S. The van der Waals surface area contributed by atoms with Gasteiger partial charge in [-0.15, -0.1) is 11.3 Å². The minimum absolute atomic E-state index is 0.854. The van der Waals surface area contributed by atoms with Crippen molar-refractivity contribution < 1.29 is 0 Å². The van der Waals surface area contributed by atoms with Crippen LogP contribution < -0.4 is 5.32 Å². The summed E-state index contributed by atoms with van der Waals surface area (Å²) in [7, 11) is 4.03. The molecule has 1 aromatic rings. The number of nitrogens with one attached hydrogen (secondary N) is 1. The highest BCUT2D eigenvalue weighted by atomic mass is 35.5. The van der Waals surface area contributed by atoms with Crippen molar-refractivity contribution in [1.82, 2.24) is 10.2 Å². The topological polar surface area (TPSA) is 15.3 Å². The Morgan fingerprint density at radius 2 is 2.33 bits per heavy atom. The fourth-order valence-electron chi connectivity index (χ4n) is 1.45. The van der Waals surface area contributed by atoms with E-state index in [1.165, 1.54) is 10.5 Å². The number of hydrogen-bond donors (Lipinski definition) is 1. The van der Waals surface area contributed by atoms with Gasteiger partial charge >= 0.3 is 0 Å². The molecule has 1 aromatic heterocycles. The highest BCUT2D eigenvalue weighted by Gasteiger charge is 2.04. The predicted molar refractivity (Wildman–Crippen MR) is 68.7 cm³/mol. The van der Waals surface area contributed by atoms with Crippen LogP contribution in [0.2, 0.25) is 4.34 Å². The standard InChI is InChI=1S/C11H17ClN2S/c1-9(6-13-2)7-14(3)8-10-4-5-11(12)15-10/h4-5,13H,1,6-8H2,2-3H3. The molecule has 0 aromatic carbocycles. The number of likely N-dealkylation sites (N-methyl/N-ethyl adjacent to an activating group) is 2. The summed E-state index contributed by atoms with van der Waals surface area (Å²) in [6.07, 6.45) is 0. The van der Waals surface area contributed by atoms with Crippen LogP contribution in [0.15, 0.2) is 24.3 Å². The van der Waals surface area contributed by atoms with Crippen molar-refractivity contribution in [3.63, 3.8) is 0 Å². The molecule has 0 spiro atoms. The second-order valence-corrected chi connectivity index (χ2v) is 5.46. The smallest absolute Gasteiger partial charge is 0.0931 e. The molecule has 1 rings (SSSR count). The van der Waals surface area contributed by atoms with Gasteiger partial charge in [0.25, 0.3) is 0 Å². The van der Waals surface area contributed by atoms with Gasteiger partial charge < -0.3 is 5.32 Å². The second-order valence-electron chi connectivity index (χ2n) is 3.66. The Morgan fingerprint density at radius 1 is 1.60 bits per heavy atom. The van der Waals surface area contributed by atoms with Gasteiger partial charge in [0.15, 0.2) is 0 Å². The van der Waals surface area contributed by atoms with Crippen molar-refractivity contribution in [1.29, 1.82) is 0 Å². The molecule has 0 saturated heterocycles. The zero-order valence-corrected chi connectivity index (χ0v) is 10.8. The molecule has 0 radical (unpaired) electrons. The van der Waals surface area contributed by atoms with E-state index in [9.17, 15) is 0 Å². The normalized spacial score (nSPS) is 10.9. The molecule has 0 amide bonds. The first kappa shape index (κ1) is 12.7. The van der Waals surface area contributed by atoms with E-state index in [-0.39, 0.29) is 0 Å². The quantitative estimate of drug-likeness (QED) is 0.774. The van der Waals surface area contributed by atoms with Gasteiger partial charge in [-0.1, -0.05) is 18.2 Å². The Kier molecular flexibility index (Phi) is 5.32. The molecule has 4 heteroatoms. The van der Waals surface area contributed by atoms with Crippen LogP contribution in [0.4, 0.5) is 0 Å². The zero-order chi connectivity index (χ0) is 11.3. The predicted octanol–water partition coefficient (Wildman–Crippen LogP) is 2.61. The van der Waals surface area contributed by atoms with E-state index in [4.69, 9.17) is 11.6 Å². The number of rotatable bonds is 6. The van der Waals surface area contributed by atoms with Crippen molar-refractivity contribution in [3.8, 4) is 0 Å². The monoisotopic (exact) mass is 244 g/mol. The van der Waals surface area contributed by atoms with Gasteiger partial charge in [0, 0.05) is 24.5 Å². The van der Waals surface area contributed by atoms with Crippen molar-refractivity contribution in [2.45, 2.75) is 6.54 Å². The Hall–Kier alpha value is -0.350. The summed E-state index contributed by atoms with van der Waals surface area (Å²) in [6, 6.07) is 4.02. The van der Waals surface area contributed by atoms with Crippen LogP contribution in [-0.4, -0.2) is 32.1 Å². The Labute approximate surface area is 101 Å². The molecular weight excluding hydrogens is 228 g/mol. The number of nitrogens with zero attached hydrogens (tertiary/aromatic N) is 1. The van der Waals surface area contributed by atoms with Crippen LogP contribution in [0.1, 0.15) is 4.88 Å². The molecule has 0 saturated carbocycles. The SMILES string of the molecule is C=C(CNC)CN(C)Cc1ccc(Cl)s1. The van der Waals surface area contributed by atoms with Gasteiger partial charge in [0.2, 0.25) is 0 Å². The summed E-state index contributed by atoms with van der Waals surface area (Å²) in [5, 5.41) is 3.10. The lowest BCUT2D eigenvalue weighted by molar-refractivity contribution is 0.356. The molecule has 0 fully saturated rings. The molecule has 0 aliphatic heterocycles. The van der Waals surface area contributed by atoms with Crippen molar-refractivity contribution >= 4 is 22.9 Å². The van der Waals surface area contributed by atoms with Gasteiger partial charge in [0.05, 0.1) is 4.34 Å². The van der Waals surface area contributed by atoms with Gasteiger partial charge in [0.1, 0.15) is 0 Å². The molecule has 15 heavy (non-hydrogen) atoms. The van der Waals surface area contributed by atoms with Gasteiger partial charge in [-0.2, -0.15) is 0 Å². The highest BCUT2D eigenvalue weighted by molar-refractivity contribution is 7.16. The third kappa shape index (κ3) is 4.80. The minimum Gasteiger partial charge on any atom is -0.316 e. The number of halogens is 1. The maximum Gasteiger partial charge on any atom is 0.0931 e. The summed E-state index contributed by atoms with van der Waals surface area (Å²) < 4.78 is 0.854. The van der Waals surface area contributed by atoms with Crippen LogP contribution in [-0.2, 0) is 6.54 Å². The first-order valence-electron chi connectivity index (χ1n) is 4.86. The highest BCUT2D eigenvalue weighted by Crippen LogP contribution is 2.22. The fourth-order valence-corrected chi connectivity index (χ4v) is 2.61. The molecule has 84 valence electrons. The lowest BCUT2D eigenvalue weighted by atomic mass is 10.3. The third-order valence-electron chi connectivity index (χ3n) is 1.97. The first-order chi connectivity index (χ1) is 7.11. The Bertz CT molecular complexity index is 322. The van der Waals surface area contributed by atoms with E-state index in [1.807, 2.05) is 13.1 Å². The van der Waals surface area contributed by atoms with Crippen LogP contribution in [0, 0.1) is 0 Å². The summed E-state index contributed by atoms with van der Waals surface area (Å²) >= 11 is 7.51. The molecule has 0 aliphatic rings. The van der Waals surface area contributed by atoms with E-state index in [0.29, 0.717) is 0 Å². The molecule has 1 heterocycles. The van der Waals surface area contributed by atoms with E-state index < -0.39 is 0 Å². The van der Waals surface area contributed by atoms with E-state index in [1.54, 1.807) is 11.3 Å². The van der Waals surface area contributed by atoms with E-state index in [2.05, 4.69) is 29.9 Å². The fraction of sp³-hybridized carbons (Fsp3) is 0.455. The van der Waals surface area contributed by atoms with Crippen molar-refractivity contribution in [2.24, 2.45) is 0 Å². The third-order valence-corrected chi connectivity index (χ3v) is 3.19. The van der Waals surface area contributed by atoms with Gasteiger partial charge in [-0.3, -0.25) is 4.90 Å². The van der Waals surface area contributed by atoms with E-state index in [0.717, 1.165) is 24.0 Å². The Balaban J connectivity index is 2.35. The van der Waals surface area contributed by atoms with Crippen LogP contribution in [0.5, 0.6) is 0 Å². The summed E-state index contributed by atoms with van der Waals surface area (Å²) in [5.41, 5.74) is 1.20. The lowest BCUT2D eigenvalue weighted by Crippen LogP contribution is -2.24. The summed E-state index contributed by atoms with van der Waals surface area (Å²) in [6.45, 7) is 6.72. The molecule has 0 bridgehead atoms. The molecule has 2 nitrogen and oxygen atoms in total. The summed E-state index contributed by atoms with van der Waals surface area (Å²) in [4.78, 5) is 3.53. The molecule has 0 atom stereocenters.